The van der Waals surface area contributed by atoms with Gasteiger partial charge in [-0.1, -0.05) is 32.0 Å². The van der Waals surface area contributed by atoms with Crippen molar-refractivity contribution in [2.75, 3.05) is 33.2 Å². The largest absolute Gasteiger partial charge is 0.493 e. The van der Waals surface area contributed by atoms with E-state index in [1.54, 1.807) is 33.5 Å². The molecule has 46 heavy (non-hydrogen) atoms. The number of ether oxygens (including phenoxy) is 3. The van der Waals surface area contributed by atoms with E-state index >= 15 is 0 Å². The topological polar surface area (TPSA) is 144 Å². The fourth-order valence-corrected chi connectivity index (χ4v) is 6.07. The lowest BCUT2D eigenvalue weighted by molar-refractivity contribution is -0.122. The summed E-state index contributed by atoms with van der Waals surface area (Å²) in [7, 11) is 4.67. The van der Waals surface area contributed by atoms with Crippen molar-refractivity contribution in [3.05, 3.63) is 75.7 Å². The van der Waals surface area contributed by atoms with Crippen LogP contribution >= 0.6 is 0 Å². The highest BCUT2D eigenvalue weighted by atomic mass is 16.5. The molecule has 0 spiro atoms. The average molecular weight is 628 g/mol. The fraction of sp³-hybridized carbons (Fsp3) is 0.371. The zero-order valence-corrected chi connectivity index (χ0v) is 27.1. The van der Waals surface area contributed by atoms with Crippen molar-refractivity contribution in [3.8, 4) is 28.4 Å². The van der Waals surface area contributed by atoms with Crippen LogP contribution in [0.2, 0.25) is 0 Å². The van der Waals surface area contributed by atoms with Crippen LogP contribution in [0.5, 0.6) is 17.2 Å². The normalized spacial score (nSPS) is 14.5. The third-order valence-corrected chi connectivity index (χ3v) is 8.28. The van der Waals surface area contributed by atoms with Gasteiger partial charge in [-0.15, -0.1) is 0 Å². The van der Waals surface area contributed by atoms with Gasteiger partial charge in [-0.2, -0.15) is 0 Å². The second-order valence-corrected chi connectivity index (χ2v) is 11.7. The number of H-pyrrole nitrogens is 1. The Labute approximate surface area is 268 Å². The second kappa shape index (κ2) is 13.9. The highest BCUT2D eigenvalue weighted by Gasteiger charge is 2.30. The molecule has 1 heterocycles. The molecule has 2 amide bonds. The maximum absolute atomic E-state index is 13.8. The number of hydrogen-bond acceptors (Lipinski definition) is 8. The number of nitrogens with zero attached hydrogens (tertiary/aromatic N) is 1. The van der Waals surface area contributed by atoms with Crippen LogP contribution in [-0.2, 0) is 22.4 Å². The number of aromatic amines is 1. The van der Waals surface area contributed by atoms with E-state index in [0.717, 1.165) is 28.0 Å². The Morgan fingerprint density at radius 1 is 1.02 bits per heavy atom. The number of anilines is 1. The van der Waals surface area contributed by atoms with Crippen molar-refractivity contribution in [2.24, 2.45) is 5.92 Å². The summed E-state index contributed by atoms with van der Waals surface area (Å²) in [6, 6.07) is 13.6. The Hall–Kier alpha value is -5.06. The van der Waals surface area contributed by atoms with Gasteiger partial charge in [0.25, 0.3) is 0 Å². The third-order valence-electron chi connectivity index (χ3n) is 8.28. The number of amides is 2. The molecule has 5 rings (SSSR count). The van der Waals surface area contributed by atoms with Gasteiger partial charge in [-0.25, -0.2) is 4.98 Å². The molecule has 0 fully saturated rings. The fourth-order valence-electron chi connectivity index (χ4n) is 6.07. The van der Waals surface area contributed by atoms with Crippen molar-refractivity contribution in [1.82, 2.24) is 20.6 Å². The lowest BCUT2D eigenvalue weighted by atomic mass is 9.95. The molecule has 0 radical (unpaired) electrons. The first-order valence-corrected chi connectivity index (χ1v) is 15.4. The molecule has 4 N–H and O–H groups in total. The number of aromatic nitrogens is 2. The standard InChI is InChI=1S/C35H41N5O6/c1-19(2)32(35(43)36-16-15-30-38-25-9-7-8-10-26(25)39-30)40-27-14-12-22-23(18-28(27)42)24(37-20(3)41)13-11-21-17-29(44-4)33(45-5)34(46-6)31(21)22/h7-10,12,14,17-19,24,32H,11,13,15-16H2,1-6H3,(H,36,43)(H,37,41)(H,38,39)(H,40,42)/t24-,32+/m0/s1. The van der Waals surface area contributed by atoms with Crippen LogP contribution in [0.4, 0.5) is 5.69 Å². The summed E-state index contributed by atoms with van der Waals surface area (Å²) < 4.78 is 17.1. The van der Waals surface area contributed by atoms with E-state index in [9.17, 15) is 14.4 Å². The Kier molecular flexibility index (Phi) is 9.79. The summed E-state index contributed by atoms with van der Waals surface area (Å²) in [5, 5.41) is 9.22. The van der Waals surface area contributed by atoms with Gasteiger partial charge in [0.2, 0.25) is 23.0 Å². The number of carbonyl (C=O) groups is 2. The number of carbonyl (C=O) groups excluding carboxylic acids is 2. The van der Waals surface area contributed by atoms with E-state index in [0.29, 0.717) is 54.2 Å². The van der Waals surface area contributed by atoms with Crippen molar-refractivity contribution in [2.45, 2.75) is 52.1 Å². The van der Waals surface area contributed by atoms with Gasteiger partial charge in [-0.05, 0) is 65.8 Å². The first-order chi connectivity index (χ1) is 22.1. The van der Waals surface area contributed by atoms with Gasteiger partial charge >= 0.3 is 0 Å². The van der Waals surface area contributed by atoms with Crippen molar-refractivity contribution in [1.29, 1.82) is 0 Å². The Morgan fingerprint density at radius 2 is 1.78 bits per heavy atom. The monoisotopic (exact) mass is 627 g/mol. The minimum atomic E-state index is -0.678. The number of para-hydroxylation sites is 2. The number of fused-ring (bicyclic) bond motifs is 4. The van der Waals surface area contributed by atoms with Crippen LogP contribution < -0.4 is 35.6 Å². The molecule has 242 valence electrons. The number of methoxy groups -OCH3 is 3. The second-order valence-electron chi connectivity index (χ2n) is 11.7. The zero-order chi connectivity index (χ0) is 33.0. The number of nitrogens with one attached hydrogen (secondary N) is 4. The highest BCUT2D eigenvalue weighted by Crippen LogP contribution is 2.50. The predicted octanol–water partition coefficient (Wildman–Crippen LogP) is 4.53. The minimum absolute atomic E-state index is 0.126. The molecule has 0 unspecified atom stereocenters. The molecule has 1 aromatic heterocycles. The summed E-state index contributed by atoms with van der Waals surface area (Å²) in [5.74, 6) is 1.65. The molecular formula is C35H41N5O6. The maximum Gasteiger partial charge on any atom is 0.242 e. The Morgan fingerprint density at radius 3 is 2.46 bits per heavy atom. The summed E-state index contributed by atoms with van der Waals surface area (Å²) in [6.45, 7) is 5.68. The van der Waals surface area contributed by atoms with E-state index in [1.807, 2.05) is 50.2 Å². The summed E-state index contributed by atoms with van der Waals surface area (Å²) >= 11 is 0. The van der Waals surface area contributed by atoms with Gasteiger partial charge in [0.05, 0.1) is 44.1 Å². The smallest absolute Gasteiger partial charge is 0.242 e. The SMILES string of the molecule is COc1cc2c(c(OC)c1OC)-c1ccc(N[C@@H](C(=O)NCCc3nc4ccccc4[nH]3)C(C)C)c(=O)cc1[C@@H](NC(C)=O)CC2. The van der Waals surface area contributed by atoms with Crippen LogP contribution in [0.1, 0.15) is 50.2 Å². The number of benzene rings is 2. The van der Waals surface area contributed by atoms with E-state index < -0.39 is 12.1 Å². The molecule has 0 bridgehead atoms. The molecule has 0 aliphatic heterocycles. The van der Waals surface area contributed by atoms with Crippen molar-refractivity contribution in [3.63, 3.8) is 0 Å². The van der Waals surface area contributed by atoms with Gasteiger partial charge < -0.3 is 35.1 Å². The molecule has 2 atom stereocenters. The third kappa shape index (κ3) is 6.63. The first-order valence-electron chi connectivity index (χ1n) is 15.4. The van der Waals surface area contributed by atoms with Crippen LogP contribution in [0, 0.1) is 5.92 Å². The van der Waals surface area contributed by atoms with E-state index in [-0.39, 0.29) is 28.8 Å². The number of hydrogen-bond donors (Lipinski definition) is 4. The lowest BCUT2D eigenvalue weighted by Gasteiger charge is -2.22. The zero-order valence-electron chi connectivity index (χ0n) is 27.1. The van der Waals surface area contributed by atoms with Gasteiger partial charge in [0, 0.05) is 25.5 Å². The Balaban J connectivity index is 1.48. The Bertz CT molecular complexity index is 1780. The van der Waals surface area contributed by atoms with Gasteiger partial charge in [-0.3, -0.25) is 14.4 Å². The number of aryl methyl sites for hydroxylation is 1. The lowest BCUT2D eigenvalue weighted by Crippen LogP contribution is -2.44. The van der Waals surface area contributed by atoms with Gasteiger partial charge in [0.1, 0.15) is 11.9 Å². The van der Waals surface area contributed by atoms with Crippen LogP contribution in [0.15, 0.2) is 53.3 Å². The molecule has 0 saturated heterocycles. The van der Waals surface area contributed by atoms with E-state index in [2.05, 4.69) is 25.9 Å². The number of rotatable bonds is 11. The molecule has 0 saturated carbocycles. The van der Waals surface area contributed by atoms with Crippen LogP contribution in [-0.4, -0.2) is 55.7 Å². The summed E-state index contributed by atoms with van der Waals surface area (Å²) in [4.78, 5) is 47.3. The molecular weight excluding hydrogens is 586 g/mol. The van der Waals surface area contributed by atoms with E-state index in [1.165, 1.54) is 6.92 Å². The summed E-state index contributed by atoms with van der Waals surface area (Å²) in [5.41, 5.74) is 4.83. The number of imidazole rings is 1. The molecule has 11 nitrogen and oxygen atoms in total. The molecule has 11 heteroatoms. The molecule has 4 aromatic rings. The van der Waals surface area contributed by atoms with Crippen LogP contribution in [0.25, 0.3) is 22.2 Å². The first kappa shape index (κ1) is 32.3. The maximum atomic E-state index is 13.8. The average Bonchev–Trinajstić information content (AvgIpc) is 3.31. The molecule has 1 aliphatic rings. The highest BCUT2D eigenvalue weighted by molar-refractivity contribution is 5.86. The van der Waals surface area contributed by atoms with E-state index in [4.69, 9.17) is 14.2 Å². The van der Waals surface area contributed by atoms with Crippen molar-refractivity contribution < 1.29 is 23.8 Å². The minimum Gasteiger partial charge on any atom is -0.493 e. The van der Waals surface area contributed by atoms with Crippen LogP contribution in [0.3, 0.4) is 0 Å². The predicted molar refractivity (Wildman–Crippen MR) is 178 cm³/mol. The van der Waals surface area contributed by atoms with Crippen molar-refractivity contribution >= 4 is 28.5 Å². The quantitative estimate of drug-likeness (QED) is 0.190. The van der Waals surface area contributed by atoms with Gasteiger partial charge in [0.15, 0.2) is 11.5 Å². The molecule has 1 aliphatic carbocycles. The molecule has 3 aromatic carbocycles. The summed E-state index contributed by atoms with van der Waals surface area (Å²) in [6.07, 6.45) is 1.68.